The number of nitrogens with one attached hydrogen (secondary N) is 1. The molecule has 0 bridgehead atoms. The van der Waals surface area contributed by atoms with Crippen LogP contribution in [0.4, 0.5) is 10.1 Å². The standard InChI is InChI=1S/C14H10FN3O3S/c1-7-10-12(22-11(7)14(20)21)16-6-18(13(10)19)17-9-5-3-2-4-8(9)15/h2-6,17H,1H3,(H,20,21). The van der Waals surface area contributed by atoms with Crippen molar-refractivity contribution >= 4 is 33.2 Å². The molecule has 22 heavy (non-hydrogen) atoms. The minimum absolute atomic E-state index is 0.0724. The van der Waals surface area contributed by atoms with Gasteiger partial charge in [-0.15, -0.1) is 11.3 Å². The first-order valence-corrected chi connectivity index (χ1v) is 7.06. The molecule has 0 saturated heterocycles. The Labute approximate surface area is 127 Å². The molecule has 2 aromatic heterocycles. The normalized spacial score (nSPS) is 10.8. The predicted octanol–water partition coefficient (Wildman–Crippen LogP) is 2.48. The molecule has 2 heterocycles. The van der Waals surface area contributed by atoms with Gasteiger partial charge in [-0.05, 0) is 24.6 Å². The van der Waals surface area contributed by atoms with Crippen LogP contribution in [0.25, 0.3) is 10.2 Å². The molecule has 0 radical (unpaired) electrons. The van der Waals surface area contributed by atoms with Crippen molar-refractivity contribution in [2.24, 2.45) is 0 Å². The largest absolute Gasteiger partial charge is 0.477 e. The zero-order valence-electron chi connectivity index (χ0n) is 11.3. The molecule has 6 nitrogen and oxygen atoms in total. The third-order valence-electron chi connectivity index (χ3n) is 3.16. The van der Waals surface area contributed by atoms with Crippen LogP contribution in [0.5, 0.6) is 0 Å². The quantitative estimate of drug-likeness (QED) is 0.775. The molecule has 2 N–H and O–H groups in total. The van der Waals surface area contributed by atoms with Gasteiger partial charge in [0.05, 0.1) is 11.1 Å². The second-order valence-electron chi connectivity index (χ2n) is 4.55. The summed E-state index contributed by atoms with van der Waals surface area (Å²) in [6, 6.07) is 5.90. The van der Waals surface area contributed by atoms with Gasteiger partial charge in [0.15, 0.2) is 0 Å². The van der Waals surface area contributed by atoms with E-state index in [1.807, 2.05) is 0 Å². The van der Waals surface area contributed by atoms with E-state index in [1.165, 1.54) is 24.5 Å². The Hall–Kier alpha value is -2.74. The van der Waals surface area contributed by atoms with Crippen molar-refractivity contribution in [3.8, 4) is 0 Å². The van der Waals surface area contributed by atoms with E-state index in [-0.39, 0.29) is 16.0 Å². The molecule has 0 fully saturated rings. The van der Waals surface area contributed by atoms with Gasteiger partial charge in [-0.1, -0.05) is 12.1 Å². The van der Waals surface area contributed by atoms with Gasteiger partial charge in [0.25, 0.3) is 5.56 Å². The lowest BCUT2D eigenvalue weighted by molar-refractivity contribution is 0.0701. The lowest BCUT2D eigenvalue weighted by Crippen LogP contribution is -2.26. The van der Waals surface area contributed by atoms with Gasteiger partial charge in [-0.25, -0.2) is 18.8 Å². The molecule has 112 valence electrons. The molecule has 0 spiro atoms. The number of fused-ring (bicyclic) bond motifs is 1. The fraction of sp³-hybridized carbons (Fsp3) is 0.0714. The number of carboxylic acid groups (broad SMARTS) is 1. The Morgan fingerprint density at radius 3 is 2.82 bits per heavy atom. The lowest BCUT2D eigenvalue weighted by atomic mass is 10.2. The maximum absolute atomic E-state index is 13.6. The van der Waals surface area contributed by atoms with E-state index in [0.717, 1.165) is 16.0 Å². The number of benzene rings is 1. The van der Waals surface area contributed by atoms with Crippen molar-refractivity contribution in [1.29, 1.82) is 0 Å². The molecular formula is C14H10FN3O3S. The summed E-state index contributed by atoms with van der Waals surface area (Å²) in [6.07, 6.45) is 1.21. The van der Waals surface area contributed by atoms with Crippen LogP contribution in [-0.2, 0) is 0 Å². The number of aromatic carboxylic acids is 1. The molecule has 0 saturated carbocycles. The Morgan fingerprint density at radius 1 is 1.41 bits per heavy atom. The van der Waals surface area contributed by atoms with Crippen molar-refractivity contribution in [3.05, 3.63) is 57.2 Å². The molecular weight excluding hydrogens is 309 g/mol. The number of aryl methyl sites for hydroxylation is 1. The molecule has 1 aromatic carbocycles. The Bertz CT molecular complexity index is 948. The molecule has 0 amide bonds. The topological polar surface area (TPSA) is 84.2 Å². The van der Waals surface area contributed by atoms with Crippen molar-refractivity contribution in [3.63, 3.8) is 0 Å². The lowest BCUT2D eigenvalue weighted by Gasteiger charge is -2.09. The van der Waals surface area contributed by atoms with E-state index in [0.29, 0.717) is 10.4 Å². The van der Waals surface area contributed by atoms with Gasteiger partial charge in [-0.2, -0.15) is 0 Å². The van der Waals surface area contributed by atoms with E-state index in [9.17, 15) is 14.0 Å². The van der Waals surface area contributed by atoms with Crippen molar-refractivity contribution in [2.75, 3.05) is 5.43 Å². The van der Waals surface area contributed by atoms with Gasteiger partial charge in [0, 0.05) is 0 Å². The molecule has 8 heteroatoms. The number of carbonyl (C=O) groups is 1. The van der Waals surface area contributed by atoms with E-state index in [2.05, 4.69) is 10.4 Å². The van der Waals surface area contributed by atoms with Crippen LogP contribution in [0.2, 0.25) is 0 Å². The van der Waals surface area contributed by atoms with E-state index < -0.39 is 17.3 Å². The number of carboxylic acids is 1. The summed E-state index contributed by atoms with van der Waals surface area (Å²) in [7, 11) is 0. The van der Waals surface area contributed by atoms with Gasteiger partial charge in [-0.3, -0.25) is 10.2 Å². The summed E-state index contributed by atoms with van der Waals surface area (Å²) in [6.45, 7) is 1.55. The zero-order chi connectivity index (χ0) is 15.9. The number of halogens is 1. The highest BCUT2D eigenvalue weighted by molar-refractivity contribution is 7.20. The summed E-state index contributed by atoms with van der Waals surface area (Å²) in [5, 5.41) is 9.32. The van der Waals surface area contributed by atoms with Crippen LogP contribution in [0.3, 0.4) is 0 Å². The fourth-order valence-corrected chi connectivity index (χ4v) is 3.07. The van der Waals surface area contributed by atoms with Crippen LogP contribution in [-0.4, -0.2) is 20.7 Å². The molecule has 0 aliphatic heterocycles. The van der Waals surface area contributed by atoms with Crippen LogP contribution in [0.1, 0.15) is 15.2 Å². The van der Waals surface area contributed by atoms with Crippen LogP contribution in [0, 0.1) is 12.7 Å². The SMILES string of the molecule is Cc1c(C(=O)O)sc2ncn(Nc3ccccc3F)c(=O)c12. The molecule has 0 aliphatic carbocycles. The highest BCUT2D eigenvalue weighted by Gasteiger charge is 2.18. The van der Waals surface area contributed by atoms with Crippen molar-refractivity contribution in [2.45, 2.75) is 6.92 Å². The Kier molecular flexibility index (Phi) is 3.38. The second-order valence-corrected chi connectivity index (χ2v) is 5.55. The predicted molar refractivity (Wildman–Crippen MR) is 81.0 cm³/mol. The van der Waals surface area contributed by atoms with Gasteiger partial charge >= 0.3 is 5.97 Å². The van der Waals surface area contributed by atoms with E-state index in [4.69, 9.17) is 5.11 Å². The maximum Gasteiger partial charge on any atom is 0.346 e. The van der Waals surface area contributed by atoms with Gasteiger partial charge in [0.1, 0.15) is 21.9 Å². The third kappa shape index (κ3) is 2.23. The first-order chi connectivity index (χ1) is 10.5. The number of hydrogen-bond donors (Lipinski definition) is 2. The average molecular weight is 319 g/mol. The number of rotatable bonds is 3. The third-order valence-corrected chi connectivity index (χ3v) is 4.35. The van der Waals surface area contributed by atoms with Crippen LogP contribution < -0.4 is 11.0 Å². The molecule has 3 rings (SSSR count). The number of thiophene rings is 1. The highest BCUT2D eigenvalue weighted by atomic mass is 32.1. The summed E-state index contributed by atoms with van der Waals surface area (Å²) in [5.74, 6) is -1.61. The number of nitrogens with zero attached hydrogens (tertiary/aromatic N) is 2. The summed E-state index contributed by atoms with van der Waals surface area (Å²) >= 11 is 0.938. The summed E-state index contributed by atoms with van der Waals surface area (Å²) < 4.78 is 14.7. The number of anilines is 1. The molecule has 0 atom stereocenters. The fourth-order valence-electron chi connectivity index (χ4n) is 2.09. The zero-order valence-corrected chi connectivity index (χ0v) is 12.1. The first kappa shape index (κ1) is 14.2. The summed E-state index contributed by atoms with van der Waals surface area (Å²) in [4.78, 5) is 28.1. The second kappa shape index (κ2) is 5.23. The number of hydrogen-bond acceptors (Lipinski definition) is 5. The highest BCUT2D eigenvalue weighted by Crippen LogP contribution is 2.26. The first-order valence-electron chi connectivity index (χ1n) is 6.24. The van der Waals surface area contributed by atoms with Gasteiger partial charge < -0.3 is 5.11 Å². The smallest absolute Gasteiger partial charge is 0.346 e. The molecule has 3 aromatic rings. The monoisotopic (exact) mass is 319 g/mol. The number of para-hydroxylation sites is 1. The van der Waals surface area contributed by atoms with Gasteiger partial charge in [0.2, 0.25) is 0 Å². The summed E-state index contributed by atoms with van der Waals surface area (Å²) in [5.41, 5.74) is 2.62. The Morgan fingerprint density at radius 2 is 2.14 bits per heavy atom. The van der Waals surface area contributed by atoms with Crippen molar-refractivity contribution in [1.82, 2.24) is 9.66 Å². The minimum Gasteiger partial charge on any atom is -0.477 e. The molecule has 0 unspecified atom stereocenters. The average Bonchev–Trinajstić information content (AvgIpc) is 2.82. The maximum atomic E-state index is 13.6. The minimum atomic E-state index is -1.10. The van der Waals surface area contributed by atoms with Crippen molar-refractivity contribution < 1.29 is 14.3 Å². The van der Waals surface area contributed by atoms with Crippen LogP contribution in [0.15, 0.2) is 35.4 Å². The van der Waals surface area contributed by atoms with Crippen LogP contribution >= 0.6 is 11.3 Å². The number of aromatic nitrogens is 2. The molecule has 0 aliphatic rings. The Balaban J connectivity index is 2.15. The van der Waals surface area contributed by atoms with E-state index >= 15 is 0 Å². The van der Waals surface area contributed by atoms with E-state index in [1.54, 1.807) is 13.0 Å².